The first-order chi connectivity index (χ1) is 10.4. The Morgan fingerprint density at radius 3 is 2.64 bits per heavy atom. The molecular formula is C15H22FN3O3. The summed E-state index contributed by atoms with van der Waals surface area (Å²) in [6.45, 7) is 6.64. The number of nitrogens with one attached hydrogen (secondary N) is 1. The molecule has 1 atom stereocenters. The highest BCUT2D eigenvalue weighted by atomic mass is 19.1. The van der Waals surface area contributed by atoms with E-state index in [1.165, 1.54) is 12.1 Å². The largest absolute Gasteiger partial charge is 0.396 e. The normalized spacial score (nSPS) is 18.2. The number of aliphatic hydroxyl groups is 1. The van der Waals surface area contributed by atoms with E-state index in [9.17, 15) is 19.6 Å². The molecular weight excluding hydrogens is 289 g/mol. The van der Waals surface area contributed by atoms with Gasteiger partial charge in [-0.2, -0.15) is 0 Å². The molecule has 122 valence electrons. The molecule has 1 fully saturated rings. The Bertz CT molecular complexity index is 545. The molecule has 7 heteroatoms. The lowest BCUT2D eigenvalue weighted by molar-refractivity contribution is -0.386. The molecule has 0 spiro atoms. The number of benzene rings is 1. The van der Waals surface area contributed by atoms with Crippen LogP contribution in [-0.2, 0) is 0 Å². The van der Waals surface area contributed by atoms with Crippen molar-refractivity contribution in [2.24, 2.45) is 5.41 Å². The van der Waals surface area contributed by atoms with Gasteiger partial charge in [0.05, 0.1) is 11.0 Å². The number of nitrogens with zero attached hydrogens (tertiary/aromatic N) is 2. The first-order valence-electron chi connectivity index (χ1n) is 7.36. The SMILES string of the molecule is CC(C)(CO)[C@H](c1ccc(F)cc1[N+](=O)[O-])N1CCNCC1. The summed E-state index contributed by atoms with van der Waals surface area (Å²) >= 11 is 0. The summed E-state index contributed by atoms with van der Waals surface area (Å²) in [5.74, 6) is -0.628. The molecule has 1 aromatic rings. The van der Waals surface area contributed by atoms with E-state index in [4.69, 9.17) is 0 Å². The summed E-state index contributed by atoms with van der Waals surface area (Å²) in [4.78, 5) is 12.9. The molecule has 0 bridgehead atoms. The van der Waals surface area contributed by atoms with Crippen LogP contribution in [0, 0.1) is 21.3 Å². The summed E-state index contributed by atoms with van der Waals surface area (Å²) < 4.78 is 13.4. The Morgan fingerprint density at radius 1 is 1.45 bits per heavy atom. The molecule has 6 nitrogen and oxygen atoms in total. The number of hydrogen-bond acceptors (Lipinski definition) is 5. The molecule has 1 aromatic carbocycles. The monoisotopic (exact) mass is 311 g/mol. The van der Waals surface area contributed by atoms with Crippen molar-refractivity contribution in [3.63, 3.8) is 0 Å². The summed E-state index contributed by atoms with van der Waals surface area (Å²) in [5.41, 5.74) is -0.364. The van der Waals surface area contributed by atoms with Crippen LogP contribution in [0.5, 0.6) is 0 Å². The number of nitro groups is 1. The fraction of sp³-hybridized carbons (Fsp3) is 0.600. The van der Waals surface area contributed by atoms with Crippen molar-refractivity contribution >= 4 is 5.69 Å². The molecule has 1 aliphatic heterocycles. The van der Waals surface area contributed by atoms with Gasteiger partial charge in [-0.05, 0) is 12.1 Å². The van der Waals surface area contributed by atoms with Crippen LogP contribution in [0.2, 0.25) is 0 Å². The van der Waals surface area contributed by atoms with E-state index < -0.39 is 16.2 Å². The number of halogens is 1. The van der Waals surface area contributed by atoms with E-state index in [2.05, 4.69) is 10.2 Å². The molecule has 0 aromatic heterocycles. The minimum Gasteiger partial charge on any atom is -0.396 e. The van der Waals surface area contributed by atoms with Gasteiger partial charge in [0.15, 0.2) is 0 Å². The van der Waals surface area contributed by atoms with Gasteiger partial charge in [0.1, 0.15) is 5.82 Å². The van der Waals surface area contributed by atoms with Crippen molar-refractivity contribution < 1.29 is 14.4 Å². The maximum absolute atomic E-state index is 13.4. The van der Waals surface area contributed by atoms with Crippen molar-refractivity contribution in [3.8, 4) is 0 Å². The van der Waals surface area contributed by atoms with Crippen molar-refractivity contribution in [3.05, 3.63) is 39.7 Å². The molecule has 22 heavy (non-hydrogen) atoms. The van der Waals surface area contributed by atoms with Gasteiger partial charge < -0.3 is 10.4 Å². The summed E-state index contributed by atoms with van der Waals surface area (Å²) in [7, 11) is 0. The van der Waals surface area contributed by atoms with Crippen LogP contribution in [0.25, 0.3) is 0 Å². The number of piperazine rings is 1. The number of aliphatic hydroxyl groups excluding tert-OH is 1. The first kappa shape index (κ1) is 16.8. The Balaban J connectivity index is 2.51. The Morgan fingerprint density at radius 2 is 2.09 bits per heavy atom. The van der Waals surface area contributed by atoms with Gasteiger partial charge in [-0.1, -0.05) is 13.8 Å². The van der Waals surface area contributed by atoms with Gasteiger partial charge in [0, 0.05) is 49.8 Å². The van der Waals surface area contributed by atoms with Crippen LogP contribution < -0.4 is 5.32 Å². The molecule has 0 aliphatic carbocycles. The first-order valence-corrected chi connectivity index (χ1v) is 7.36. The highest BCUT2D eigenvalue weighted by Crippen LogP contribution is 2.42. The van der Waals surface area contributed by atoms with Crippen LogP contribution in [0.4, 0.5) is 10.1 Å². The number of nitro benzene ring substituents is 1. The maximum atomic E-state index is 13.4. The van der Waals surface area contributed by atoms with E-state index in [0.717, 1.165) is 32.2 Å². The molecule has 0 saturated carbocycles. The van der Waals surface area contributed by atoms with Crippen molar-refractivity contribution in [1.82, 2.24) is 10.2 Å². The van der Waals surface area contributed by atoms with E-state index in [1.54, 1.807) is 0 Å². The lowest BCUT2D eigenvalue weighted by Crippen LogP contribution is -2.49. The maximum Gasteiger partial charge on any atom is 0.277 e. The third kappa shape index (κ3) is 3.43. The molecule has 1 heterocycles. The van der Waals surface area contributed by atoms with Crippen LogP contribution >= 0.6 is 0 Å². The Labute approximate surface area is 129 Å². The predicted octanol–water partition coefficient (Wildman–Crippen LogP) is 1.70. The fourth-order valence-electron chi connectivity index (χ4n) is 3.04. The lowest BCUT2D eigenvalue weighted by atomic mass is 9.79. The quantitative estimate of drug-likeness (QED) is 0.639. The lowest BCUT2D eigenvalue weighted by Gasteiger charge is -2.43. The molecule has 0 radical (unpaired) electrons. The number of hydrogen-bond donors (Lipinski definition) is 2. The zero-order valence-corrected chi connectivity index (χ0v) is 12.9. The Kier molecular flexibility index (Phi) is 5.10. The van der Waals surface area contributed by atoms with Crippen LogP contribution in [0.1, 0.15) is 25.5 Å². The van der Waals surface area contributed by atoms with Gasteiger partial charge in [-0.15, -0.1) is 0 Å². The van der Waals surface area contributed by atoms with Gasteiger partial charge >= 0.3 is 0 Å². The third-order valence-corrected chi connectivity index (χ3v) is 4.15. The zero-order valence-electron chi connectivity index (χ0n) is 12.9. The standard InChI is InChI=1S/C15H22FN3O3/c1-15(2,10-20)14(18-7-5-17-6-8-18)12-4-3-11(16)9-13(12)19(21)22/h3-4,9,14,17,20H,5-8,10H2,1-2H3/t14-/m0/s1. The second kappa shape index (κ2) is 6.68. The van der Waals surface area contributed by atoms with Crippen LogP contribution in [0.15, 0.2) is 18.2 Å². The molecule has 0 amide bonds. The fourth-order valence-corrected chi connectivity index (χ4v) is 3.04. The van der Waals surface area contributed by atoms with Gasteiger partial charge in [-0.25, -0.2) is 4.39 Å². The molecule has 1 aliphatic rings. The summed E-state index contributed by atoms with van der Waals surface area (Å²) in [6, 6.07) is 3.32. The smallest absolute Gasteiger partial charge is 0.277 e. The number of rotatable bonds is 5. The summed E-state index contributed by atoms with van der Waals surface area (Å²) in [5, 5.41) is 24.3. The topological polar surface area (TPSA) is 78.6 Å². The van der Waals surface area contributed by atoms with Gasteiger partial charge in [-0.3, -0.25) is 15.0 Å². The zero-order chi connectivity index (χ0) is 16.3. The predicted molar refractivity (Wildman–Crippen MR) is 81.1 cm³/mol. The highest BCUT2D eigenvalue weighted by Gasteiger charge is 2.39. The molecule has 2 rings (SSSR count). The van der Waals surface area contributed by atoms with Crippen molar-refractivity contribution in [1.29, 1.82) is 0 Å². The second-order valence-corrected chi connectivity index (χ2v) is 6.30. The minimum absolute atomic E-state index is 0.115. The third-order valence-electron chi connectivity index (χ3n) is 4.15. The van der Waals surface area contributed by atoms with Gasteiger partial charge in [0.25, 0.3) is 5.69 Å². The van der Waals surface area contributed by atoms with E-state index >= 15 is 0 Å². The average Bonchev–Trinajstić information content (AvgIpc) is 2.49. The van der Waals surface area contributed by atoms with Crippen LogP contribution in [0.3, 0.4) is 0 Å². The van der Waals surface area contributed by atoms with Crippen molar-refractivity contribution in [2.75, 3.05) is 32.8 Å². The van der Waals surface area contributed by atoms with E-state index in [-0.39, 0.29) is 18.3 Å². The Hall–Kier alpha value is -1.57. The second-order valence-electron chi connectivity index (χ2n) is 6.30. The van der Waals surface area contributed by atoms with Crippen molar-refractivity contribution in [2.45, 2.75) is 19.9 Å². The van der Waals surface area contributed by atoms with E-state index in [0.29, 0.717) is 5.56 Å². The average molecular weight is 311 g/mol. The molecule has 2 N–H and O–H groups in total. The minimum atomic E-state index is -0.628. The molecule has 0 unspecified atom stereocenters. The summed E-state index contributed by atoms with van der Waals surface area (Å²) in [6.07, 6.45) is 0. The molecule has 1 saturated heterocycles. The van der Waals surface area contributed by atoms with Gasteiger partial charge in [0.2, 0.25) is 0 Å². The highest BCUT2D eigenvalue weighted by molar-refractivity contribution is 5.43. The van der Waals surface area contributed by atoms with Crippen LogP contribution in [-0.4, -0.2) is 47.7 Å². The van der Waals surface area contributed by atoms with E-state index in [1.807, 2.05) is 13.8 Å².